The van der Waals surface area contributed by atoms with Gasteiger partial charge in [-0.2, -0.15) is 0 Å². The van der Waals surface area contributed by atoms with Gasteiger partial charge in [0.05, 0.1) is 17.9 Å². The first kappa shape index (κ1) is 27.5. The van der Waals surface area contributed by atoms with Gasteiger partial charge in [0.2, 0.25) is 17.7 Å². The zero-order valence-electron chi connectivity index (χ0n) is 24.2. The van der Waals surface area contributed by atoms with Gasteiger partial charge in [0.25, 0.3) is 0 Å². The van der Waals surface area contributed by atoms with Crippen LogP contribution in [0.5, 0.6) is 0 Å². The molecule has 1 aromatic carbocycles. The second-order valence-electron chi connectivity index (χ2n) is 13.2. The smallest absolute Gasteiger partial charge is 0.246 e. The molecule has 216 valence electrons. The van der Waals surface area contributed by atoms with E-state index in [1.54, 1.807) is 0 Å². The second kappa shape index (κ2) is 11.0. The Balaban J connectivity index is 1.33. The number of nitrogens with one attached hydrogen (secondary N) is 2. The highest BCUT2D eigenvalue weighted by molar-refractivity contribution is 6.03. The molecular weight excluding hydrogens is 502 g/mol. The summed E-state index contributed by atoms with van der Waals surface area (Å²) in [4.78, 5) is 44.4. The molecule has 7 nitrogen and oxygen atoms in total. The normalized spacial score (nSPS) is 37.6. The minimum absolute atomic E-state index is 0.0113. The van der Waals surface area contributed by atoms with Gasteiger partial charge in [-0.25, -0.2) is 0 Å². The van der Waals surface area contributed by atoms with Crippen LogP contribution in [0, 0.1) is 30.6 Å². The monoisotopic (exact) mass is 547 g/mol. The molecule has 7 heteroatoms. The van der Waals surface area contributed by atoms with Crippen molar-refractivity contribution in [1.29, 1.82) is 0 Å². The van der Waals surface area contributed by atoms with Crippen LogP contribution in [0.1, 0.15) is 83.6 Å². The number of carbonyl (C=O) groups excluding carboxylic acids is 3. The molecule has 5 aliphatic rings. The molecule has 40 heavy (non-hydrogen) atoms. The number of fused-ring (bicyclic) bond motifs is 1. The fourth-order valence-corrected chi connectivity index (χ4v) is 8.31. The minimum atomic E-state index is -1.10. The van der Waals surface area contributed by atoms with Gasteiger partial charge in [-0.3, -0.25) is 14.4 Å². The van der Waals surface area contributed by atoms with Gasteiger partial charge in [0.15, 0.2) is 0 Å². The van der Waals surface area contributed by atoms with Gasteiger partial charge in [-0.15, -0.1) is 0 Å². The predicted molar refractivity (Wildman–Crippen MR) is 154 cm³/mol. The molecule has 3 heterocycles. The second-order valence-corrected chi connectivity index (χ2v) is 13.2. The number of hydrogen-bond acceptors (Lipinski definition) is 4. The van der Waals surface area contributed by atoms with E-state index < -0.39 is 29.6 Å². The maximum atomic E-state index is 14.5. The number of benzene rings is 1. The van der Waals surface area contributed by atoms with Crippen molar-refractivity contribution < 1.29 is 19.1 Å². The molecule has 3 aliphatic heterocycles. The van der Waals surface area contributed by atoms with Crippen LogP contribution in [0.15, 0.2) is 36.4 Å². The van der Waals surface area contributed by atoms with Crippen LogP contribution in [0.25, 0.3) is 0 Å². The summed E-state index contributed by atoms with van der Waals surface area (Å²) in [5.74, 6) is -0.863. The summed E-state index contributed by atoms with van der Waals surface area (Å²) < 4.78 is 6.60. The molecule has 3 amide bonds. The third kappa shape index (κ3) is 4.68. The minimum Gasteiger partial charge on any atom is -0.359 e. The van der Waals surface area contributed by atoms with Crippen LogP contribution in [-0.2, 0) is 19.1 Å². The molecule has 2 saturated heterocycles. The number of ether oxygens (including phenoxy) is 1. The quantitative estimate of drug-likeness (QED) is 0.500. The van der Waals surface area contributed by atoms with E-state index in [0.717, 1.165) is 56.9 Å². The van der Waals surface area contributed by atoms with Crippen LogP contribution >= 0.6 is 0 Å². The van der Waals surface area contributed by atoms with E-state index >= 15 is 0 Å². The average molecular weight is 548 g/mol. The summed E-state index contributed by atoms with van der Waals surface area (Å²) in [6, 6.07) is 7.01. The van der Waals surface area contributed by atoms with Crippen LogP contribution in [0.4, 0.5) is 5.69 Å². The number of rotatable bonds is 5. The summed E-state index contributed by atoms with van der Waals surface area (Å²) in [5.41, 5.74) is 0.656. The molecule has 0 radical (unpaired) electrons. The Hall–Kier alpha value is -2.67. The molecule has 2 aliphatic carbocycles. The van der Waals surface area contributed by atoms with E-state index in [1.165, 1.54) is 12.8 Å². The predicted octanol–water partition coefficient (Wildman–Crippen LogP) is 5.14. The van der Waals surface area contributed by atoms with Gasteiger partial charge in [0.1, 0.15) is 11.6 Å². The summed E-state index contributed by atoms with van der Waals surface area (Å²) >= 11 is 0. The van der Waals surface area contributed by atoms with Gasteiger partial charge in [-0.05, 0) is 55.7 Å². The van der Waals surface area contributed by atoms with E-state index in [9.17, 15) is 14.4 Å². The van der Waals surface area contributed by atoms with E-state index in [4.69, 9.17) is 4.74 Å². The molecule has 4 fully saturated rings. The van der Waals surface area contributed by atoms with Crippen molar-refractivity contribution in [3.05, 3.63) is 42.0 Å². The number of nitrogens with zero attached hydrogens (tertiary/aromatic N) is 1. The van der Waals surface area contributed by atoms with Gasteiger partial charge in [0, 0.05) is 17.8 Å². The van der Waals surface area contributed by atoms with Crippen LogP contribution in [0.2, 0.25) is 0 Å². The van der Waals surface area contributed by atoms with Crippen molar-refractivity contribution in [1.82, 2.24) is 10.2 Å². The molecule has 6 rings (SSSR count). The number of anilines is 1. The Morgan fingerprint density at radius 2 is 1.73 bits per heavy atom. The first-order valence-corrected chi connectivity index (χ1v) is 15.7. The standard InChI is InChI=1S/C33H45N3O4/c1-20-11-9-13-23(19-20)34-30(37)27-26-17-18-33(40-26)28(27)32(39)36(24-14-7-5-4-6-8-15-24)29(33)31(38)35-25-16-10-12-21(2)22(25)3/h9,11,13,17-19,21-22,24-29H,4-8,10,12,14-16H2,1-3H3,(H,34,37)(H,35,38)/t21-,22+,25-,26+,27-,28+,29+,33+/m1/s1. The molecule has 1 spiro atoms. The molecule has 2 N–H and O–H groups in total. The third-order valence-corrected chi connectivity index (χ3v) is 10.7. The zero-order chi connectivity index (χ0) is 28.0. The molecule has 1 aromatic rings. The van der Waals surface area contributed by atoms with Gasteiger partial charge < -0.3 is 20.3 Å². The van der Waals surface area contributed by atoms with Crippen molar-refractivity contribution >= 4 is 23.4 Å². The van der Waals surface area contributed by atoms with Crippen LogP contribution < -0.4 is 10.6 Å². The zero-order valence-corrected chi connectivity index (χ0v) is 24.2. The lowest BCUT2D eigenvalue weighted by Crippen LogP contribution is -2.59. The average Bonchev–Trinajstić information content (AvgIpc) is 3.54. The summed E-state index contributed by atoms with van der Waals surface area (Å²) in [6.45, 7) is 6.48. The maximum Gasteiger partial charge on any atom is 0.246 e. The molecule has 2 bridgehead atoms. The van der Waals surface area contributed by atoms with Crippen molar-refractivity contribution in [3.8, 4) is 0 Å². The first-order chi connectivity index (χ1) is 19.3. The summed E-state index contributed by atoms with van der Waals surface area (Å²) in [6.07, 6.45) is 14.0. The maximum absolute atomic E-state index is 14.5. The third-order valence-electron chi connectivity index (χ3n) is 10.7. The van der Waals surface area contributed by atoms with Crippen molar-refractivity contribution in [2.24, 2.45) is 23.7 Å². The highest BCUT2D eigenvalue weighted by Gasteiger charge is 2.73. The van der Waals surface area contributed by atoms with E-state index in [2.05, 4.69) is 24.5 Å². The summed E-state index contributed by atoms with van der Waals surface area (Å²) in [5, 5.41) is 6.44. The van der Waals surface area contributed by atoms with E-state index in [1.807, 2.05) is 48.2 Å². The fraction of sp³-hybridized carbons (Fsp3) is 0.667. The summed E-state index contributed by atoms with van der Waals surface area (Å²) in [7, 11) is 0. The largest absolute Gasteiger partial charge is 0.359 e. The van der Waals surface area contributed by atoms with Crippen molar-refractivity contribution in [3.63, 3.8) is 0 Å². The lowest BCUT2D eigenvalue weighted by Gasteiger charge is -2.40. The van der Waals surface area contributed by atoms with Crippen molar-refractivity contribution in [2.75, 3.05) is 5.32 Å². The molecule has 8 atom stereocenters. The molecular formula is C33H45N3O4. The number of amides is 3. The van der Waals surface area contributed by atoms with Crippen LogP contribution in [-0.4, -0.2) is 52.5 Å². The molecule has 2 saturated carbocycles. The highest BCUT2D eigenvalue weighted by atomic mass is 16.5. The fourth-order valence-electron chi connectivity index (χ4n) is 8.31. The Bertz CT molecular complexity index is 1170. The number of aryl methyl sites for hydroxylation is 1. The topological polar surface area (TPSA) is 87.7 Å². The van der Waals surface area contributed by atoms with E-state index in [0.29, 0.717) is 17.5 Å². The Labute approximate surface area is 238 Å². The number of carbonyl (C=O) groups is 3. The molecule has 0 aromatic heterocycles. The first-order valence-electron chi connectivity index (χ1n) is 15.7. The molecule has 0 unspecified atom stereocenters. The number of likely N-dealkylation sites (tertiary alicyclic amines) is 1. The van der Waals surface area contributed by atoms with Crippen LogP contribution in [0.3, 0.4) is 0 Å². The highest BCUT2D eigenvalue weighted by Crippen LogP contribution is 2.56. The Morgan fingerprint density at radius 3 is 2.48 bits per heavy atom. The SMILES string of the molecule is Cc1cccc(NC(=O)[C@@H]2[C@@H]3C=C[C@]4(O3)[C@@H]2C(=O)N(C2CCCCCCC2)[C@H]4C(=O)N[C@@H]2CCC[C@@H](C)[C@@H]2C)c1. The van der Waals surface area contributed by atoms with Gasteiger partial charge in [-0.1, -0.05) is 83.1 Å². The lowest BCUT2D eigenvalue weighted by atomic mass is 9.73. The lowest BCUT2D eigenvalue weighted by molar-refractivity contribution is -0.144. The van der Waals surface area contributed by atoms with E-state index in [-0.39, 0.29) is 29.8 Å². The van der Waals surface area contributed by atoms with Gasteiger partial charge >= 0.3 is 0 Å². The number of hydrogen-bond donors (Lipinski definition) is 2. The Kier molecular flexibility index (Phi) is 7.53. The van der Waals surface area contributed by atoms with Crippen molar-refractivity contribution in [2.45, 2.75) is 115 Å². The Morgan fingerprint density at radius 1 is 0.975 bits per heavy atom.